The molecule has 0 aliphatic carbocycles. The number of nitrogens with zero attached hydrogens (tertiary/aromatic N) is 2. The van der Waals surface area contributed by atoms with Crippen LogP contribution in [0.5, 0.6) is 0 Å². The maximum absolute atomic E-state index is 12.3. The maximum atomic E-state index is 12.3. The molecule has 1 unspecified atom stereocenters. The fraction of sp³-hybridized carbons (Fsp3) is 0.438. The van der Waals surface area contributed by atoms with E-state index in [0.29, 0.717) is 16.6 Å². The lowest BCUT2D eigenvalue weighted by Gasteiger charge is -2.09. The second kappa shape index (κ2) is 7.06. The molecule has 122 valence electrons. The Bertz CT molecular complexity index is 695. The molecule has 0 radical (unpaired) electrons. The normalized spacial score (nSPS) is 17.2. The molecule has 1 aliphatic heterocycles. The molecule has 1 fully saturated rings. The summed E-state index contributed by atoms with van der Waals surface area (Å²) in [5.41, 5.74) is 1.65. The van der Waals surface area contributed by atoms with E-state index < -0.39 is 0 Å². The van der Waals surface area contributed by atoms with Crippen LogP contribution in [0.3, 0.4) is 0 Å². The van der Waals surface area contributed by atoms with Crippen LogP contribution in [0, 0.1) is 13.8 Å². The Morgan fingerprint density at radius 2 is 2.26 bits per heavy atom. The van der Waals surface area contributed by atoms with Gasteiger partial charge in [0.05, 0.1) is 11.8 Å². The van der Waals surface area contributed by atoms with Gasteiger partial charge in [0.15, 0.2) is 5.13 Å². The van der Waals surface area contributed by atoms with Gasteiger partial charge in [0.2, 0.25) is 0 Å². The first-order valence-electron chi connectivity index (χ1n) is 7.70. The monoisotopic (exact) mass is 332 g/mol. The first-order valence-corrected chi connectivity index (χ1v) is 8.51. The molecule has 7 heteroatoms. The van der Waals surface area contributed by atoms with Crippen molar-refractivity contribution in [3.05, 3.63) is 34.5 Å². The molecular formula is C16H20N4O2S. The third-order valence-corrected chi connectivity index (χ3v) is 4.71. The van der Waals surface area contributed by atoms with Crippen LogP contribution < -0.4 is 10.6 Å². The van der Waals surface area contributed by atoms with Gasteiger partial charge >= 0.3 is 0 Å². The van der Waals surface area contributed by atoms with Crippen molar-refractivity contribution >= 4 is 28.2 Å². The molecule has 0 aromatic carbocycles. The van der Waals surface area contributed by atoms with Gasteiger partial charge < -0.3 is 15.4 Å². The Kier molecular flexibility index (Phi) is 4.88. The Hall–Kier alpha value is -1.99. The summed E-state index contributed by atoms with van der Waals surface area (Å²) in [6.45, 7) is 5.12. The molecule has 0 saturated carbocycles. The van der Waals surface area contributed by atoms with Crippen LogP contribution >= 0.6 is 11.3 Å². The van der Waals surface area contributed by atoms with Gasteiger partial charge in [-0.2, -0.15) is 0 Å². The summed E-state index contributed by atoms with van der Waals surface area (Å²) in [6, 6.07) is 5.74. The average molecular weight is 332 g/mol. The topological polar surface area (TPSA) is 76.1 Å². The summed E-state index contributed by atoms with van der Waals surface area (Å²) < 4.78 is 5.52. The highest BCUT2D eigenvalue weighted by atomic mass is 32.1. The zero-order chi connectivity index (χ0) is 16.2. The lowest BCUT2D eigenvalue weighted by atomic mass is 10.2. The van der Waals surface area contributed by atoms with E-state index in [1.807, 2.05) is 32.0 Å². The third kappa shape index (κ3) is 4.05. The van der Waals surface area contributed by atoms with Gasteiger partial charge in [-0.15, -0.1) is 0 Å². The molecule has 23 heavy (non-hydrogen) atoms. The highest BCUT2D eigenvalue weighted by Gasteiger charge is 2.19. The molecule has 3 rings (SSSR count). The number of aryl methyl sites for hydroxylation is 2. The molecule has 1 amide bonds. The molecule has 1 saturated heterocycles. The van der Waals surface area contributed by atoms with Crippen LogP contribution in [0.4, 0.5) is 10.9 Å². The number of amides is 1. The minimum Gasteiger partial charge on any atom is -0.376 e. The summed E-state index contributed by atoms with van der Waals surface area (Å²) in [5, 5.41) is 6.75. The zero-order valence-electron chi connectivity index (χ0n) is 13.3. The van der Waals surface area contributed by atoms with Gasteiger partial charge in [0.1, 0.15) is 10.7 Å². The number of ether oxygens (including phenoxy) is 1. The van der Waals surface area contributed by atoms with E-state index >= 15 is 0 Å². The largest absolute Gasteiger partial charge is 0.376 e. The number of anilines is 2. The predicted molar refractivity (Wildman–Crippen MR) is 90.4 cm³/mol. The van der Waals surface area contributed by atoms with Crippen molar-refractivity contribution in [2.45, 2.75) is 32.8 Å². The summed E-state index contributed by atoms with van der Waals surface area (Å²) in [6.07, 6.45) is 2.21. The number of nitrogens with one attached hydrogen (secondary N) is 2. The van der Waals surface area contributed by atoms with E-state index in [0.717, 1.165) is 36.7 Å². The van der Waals surface area contributed by atoms with Gasteiger partial charge in [-0.05, 0) is 38.8 Å². The van der Waals surface area contributed by atoms with Gasteiger partial charge in [-0.25, -0.2) is 9.97 Å². The number of carbonyl (C=O) groups is 1. The molecule has 2 aromatic heterocycles. The number of pyridine rings is 1. The SMILES string of the molecule is Cc1cccc(Nc2nc(C)c(C(=O)NCC3CCCO3)s2)n1. The van der Waals surface area contributed by atoms with Gasteiger partial charge in [-0.1, -0.05) is 17.4 Å². The van der Waals surface area contributed by atoms with Crippen LogP contribution in [-0.2, 0) is 4.74 Å². The number of rotatable bonds is 5. The highest BCUT2D eigenvalue weighted by Crippen LogP contribution is 2.25. The van der Waals surface area contributed by atoms with E-state index in [4.69, 9.17) is 4.74 Å². The molecule has 0 bridgehead atoms. The van der Waals surface area contributed by atoms with Gasteiger partial charge in [0.25, 0.3) is 5.91 Å². The van der Waals surface area contributed by atoms with E-state index in [1.165, 1.54) is 11.3 Å². The van der Waals surface area contributed by atoms with E-state index in [9.17, 15) is 4.79 Å². The van der Waals surface area contributed by atoms with Crippen LogP contribution in [0.15, 0.2) is 18.2 Å². The van der Waals surface area contributed by atoms with Crippen molar-refractivity contribution in [2.24, 2.45) is 0 Å². The molecule has 6 nitrogen and oxygen atoms in total. The van der Waals surface area contributed by atoms with Gasteiger partial charge in [0, 0.05) is 18.8 Å². The summed E-state index contributed by atoms with van der Waals surface area (Å²) in [7, 11) is 0. The Labute approximate surface area is 139 Å². The number of carbonyl (C=O) groups excluding carboxylic acids is 1. The Morgan fingerprint density at radius 1 is 1.39 bits per heavy atom. The standard InChI is InChI=1S/C16H20N4O2S/c1-10-5-3-7-13(18-10)20-16-19-11(2)14(23-16)15(21)17-9-12-6-4-8-22-12/h3,5,7,12H,4,6,8-9H2,1-2H3,(H,17,21)(H,18,19,20). The number of hydrogen-bond acceptors (Lipinski definition) is 6. The number of thiazole rings is 1. The lowest BCUT2D eigenvalue weighted by Crippen LogP contribution is -2.31. The third-order valence-electron chi connectivity index (χ3n) is 3.64. The van der Waals surface area contributed by atoms with Crippen molar-refractivity contribution in [2.75, 3.05) is 18.5 Å². The molecule has 1 atom stereocenters. The highest BCUT2D eigenvalue weighted by molar-refractivity contribution is 7.17. The zero-order valence-corrected chi connectivity index (χ0v) is 14.1. The second-order valence-electron chi connectivity index (χ2n) is 5.57. The fourth-order valence-corrected chi connectivity index (χ4v) is 3.36. The van der Waals surface area contributed by atoms with Crippen LogP contribution in [0.25, 0.3) is 0 Å². The maximum Gasteiger partial charge on any atom is 0.263 e. The van der Waals surface area contributed by atoms with E-state index in [2.05, 4.69) is 20.6 Å². The quantitative estimate of drug-likeness (QED) is 0.880. The van der Waals surface area contributed by atoms with Crippen molar-refractivity contribution < 1.29 is 9.53 Å². The molecule has 0 spiro atoms. The van der Waals surface area contributed by atoms with Crippen molar-refractivity contribution in [3.8, 4) is 0 Å². The minimum absolute atomic E-state index is 0.0965. The van der Waals surface area contributed by atoms with E-state index in [-0.39, 0.29) is 12.0 Å². The van der Waals surface area contributed by atoms with E-state index in [1.54, 1.807) is 0 Å². The molecule has 2 N–H and O–H groups in total. The Balaban J connectivity index is 1.64. The fourth-order valence-electron chi connectivity index (χ4n) is 2.47. The predicted octanol–water partition coefficient (Wildman–Crippen LogP) is 2.81. The van der Waals surface area contributed by atoms with Crippen molar-refractivity contribution in [3.63, 3.8) is 0 Å². The first-order chi connectivity index (χ1) is 11.1. The minimum atomic E-state index is -0.0965. The lowest BCUT2D eigenvalue weighted by molar-refractivity contribution is 0.0860. The number of aromatic nitrogens is 2. The summed E-state index contributed by atoms with van der Waals surface area (Å²) >= 11 is 1.34. The summed E-state index contributed by atoms with van der Waals surface area (Å²) in [5.74, 6) is 0.630. The number of hydrogen-bond donors (Lipinski definition) is 2. The Morgan fingerprint density at radius 3 is 3.00 bits per heavy atom. The van der Waals surface area contributed by atoms with Crippen LogP contribution in [0.1, 0.15) is 33.9 Å². The molecule has 2 aromatic rings. The van der Waals surface area contributed by atoms with Crippen LogP contribution in [-0.4, -0.2) is 35.1 Å². The second-order valence-corrected chi connectivity index (χ2v) is 6.57. The smallest absolute Gasteiger partial charge is 0.263 e. The molecule has 1 aliphatic rings. The molecular weight excluding hydrogens is 312 g/mol. The first kappa shape index (κ1) is 15.9. The van der Waals surface area contributed by atoms with Gasteiger partial charge in [-0.3, -0.25) is 4.79 Å². The van der Waals surface area contributed by atoms with Crippen molar-refractivity contribution in [1.82, 2.24) is 15.3 Å². The molecule has 3 heterocycles. The summed E-state index contributed by atoms with van der Waals surface area (Å²) in [4.78, 5) is 21.7. The van der Waals surface area contributed by atoms with Crippen LogP contribution in [0.2, 0.25) is 0 Å². The average Bonchev–Trinajstić information content (AvgIpc) is 3.14. The van der Waals surface area contributed by atoms with Crippen molar-refractivity contribution in [1.29, 1.82) is 0 Å².